The number of nitrogens with one attached hydrogen (secondary N) is 1. The van der Waals surface area contributed by atoms with Gasteiger partial charge in [0.15, 0.2) is 17.0 Å². The van der Waals surface area contributed by atoms with Gasteiger partial charge in [-0.2, -0.15) is 9.97 Å². The Morgan fingerprint density at radius 3 is 2.40 bits per heavy atom. The lowest BCUT2D eigenvalue weighted by Crippen LogP contribution is -2.41. The van der Waals surface area contributed by atoms with Crippen LogP contribution in [0.3, 0.4) is 0 Å². The molecule has 0 spiro atoms. The van der Waals surface area contributed by atoms with Gasteiger partial charge in [-0.15, -0.1) is 0 Å². The summed E-state index contributed by atoms with van der Waals surface area (Å²) in [6.07, 6.45) is 0.867. The van der Waals surface area contributed by atoms with Gasteiger partial charge in [0.05, 0.1) is 25.0 Å². The zero-order valence-electron chi connectivity index (χ0n) is 18.5. The van der Waals surface area contributed by atoms with Crippen LogP contribution in [-0.2, 0) is 16.1 Å². The topological polar surface area (TPSA) is 231 Å². The Balaban J connectivity index is 1.75. The summed E-state index contributed by atoms with van der Waals surface area (Å²) in [5.74, 6) is -3.06. The number of carboxylic acids is 2. The number of aliphatic hydroxyl groups excluding tert-OH is 1. The summed E-state index contributed by atoms with van der Waals surface area (Å²) in [7, 11) is 0. The molecule has 3 aromatic rings. The number of nitrogens with two attached hydrogens (primary N) is 2. The van der Waals surface area contributed by atoms with Crippen molar-refractivity contribution in [2.24, 2.45) is 0 Å². The molecule has 3 rings (SSSR count). The quantitative estimate of drug-likeness (QED) is 0.204. The third kappa shape index (κ3) is 6.48. The number of fused-ring (bicyclic) bond motifs is 1. The Morgan fingerprint density at radius 2 is 1.77 bits per heavy atom. The molecule has 2 aromatic heterocycles. The Hall–Kier alpha value is -4.59. The van der Waals surface area contributed by atoms with Crippen molar-refractivity contribution in [3.05, 3.63) is 41.7 Å². The van der Waals surface area contributed by atoms with Crippen LogP contribution in [0.4, 0.5) is 17.5 Å². The maximum Gasteiger partial charge on any atom is 0.326 e. The van der Waals surface area contributed by atoms with Crippen LogP contribution in [0.5, 0.6) is 0 Å². The van der Waals surface area contributed by atoms with Gasteiger partial charge in [-0.25, -0.2) is 14.8 Å². The predicted molar refractivity (Wildman–Crippen MR) is 124 cm³/mol. The highest BCUT2D eigenvalue weighted by atomic mass is 16.4. The highest BCUT2D eigenvalue weighted by molar-refractivity contribution is 5.97. The minimum atomic E-state index is -1.33. The van der Waals surface area contributed by atoms with E-state index in [-0.39, 0.29) is 49.1 Å². The monoisotopic (exact) mass is 484 g/mol. The molecule has 0 fully saturated rings. The van der Waals surface area contributed by atoms with Crippen molar-refractivity contribution < 1.29 is 29.7 Å². The number of nitrogen functional groups attached to an aromatic ring is 2. The van der Waals surface area contributed by atoms with E-state index in [4.69, 9.17) is 16.6 Å². The molecule has 14 heteroatoms. The largest absolute Gasteiger partial charge is 0.481 e. The Kier molecular flexibility index (Phi) is 7.88. The van der Waals surface area contributed by atoms with E-state index in [2.05, 4.69) is 25.3 Å². The van der Waals surface area contributed by atoms with Crippen molar-refractivity contribution in [1.82, 2.24) is 25.3 Å². The number of aliphatic carboxylic acids is 2. The molecule has 0 unspecified atom stereocenters. The average molecular weight is 484 g/mol. The second-order valence-corrected chi connectivity index (χ2v) is 7.49. The van der Waals surface area contributed by atoms with Gasteiger partial charge >= 0.3 is 11.9 Å². The Labute approximate surface area is 198 Å². The number of anilines is 3. The summed E-state index contributed by atoms with van der Waals surface area (Å²) >= 11 is 0. The van der Waals surface area contributed by atoms with Gasteiger partial charge in [-0.05, 0) is 30.7 Å². The van der Waals surface area contributed by atoms with Crippen molar-refractivity contribution in [2.45, 2.75) is 25.4 Å². The lowest BCUT2D eigenvalue weighted by Gasteiger charge is -2.24. The molecule has 0 saturated heterocycles. The first kappa shape index (κ1) is 25.0. The molecule has 1 atom stereocenters. The first-order valence-corrected chi connectivity index (χ1v) is 10.4. The second kappa shape index (κ2) is 11.0. The molecule has 0 saturated carbocycles. The van der Waals surface area contributed by atoms with Gasteiger partial charge in [-0.1, -0.05) is 0 Å². The van der Waals surface area contributed by atoms with E-state index in [0.29, 0.717) is 16.9 Å². The predicted octanol–water partition coefficient (Wildman–Crippen LogP) is -0.369. The van der Waals surface area contributed by atoms with Crippen molar-refractivity contribution in [2.75, 3.05) is 29.5 Å². The summed E-state index contributed by atoms with van der Waals surface area (Å²) in [5, 5.41) is 29.8. The van der Waals surface area contributed by atoms with Crippen LogP contribution >= 0.6 is 0 Å². The van der Waals surface area contributed by atoms with Crippen LogP contribution in [0, 0.1) is 0 Å². The maximum absolute atomic E-state index is 12.5. The summed E-state index contributed by atoms with van der Waals surface area (Å²) in [6, 6.07) is 4.91. The lowest BCUT2D eigenvalue weighted by molar-refractivity contribution is -0.140. The van der Waals surface area contributed by atoms with Crippen molar-refractivity contribution in [1.29, 1.82) is 0 Å². The molecular formula is C21H24N8O6. The fourth-order valence-corrected chi connectivity index (χ4v) is 3.27. The van der Waals surface area contributed by atoms with Gasteiger partial charge in [0.1, 0.15) is 6.04 Å². The third-order valence-corrected chi connectivity index (χ3v) is 4.97. The number of amides is 1. The molecule has 0 aliphatic carbocycles. The minimum Gasteiger partial charge on any atom is -0.481 e. The van der Waals surface area contributed by atoms with Crippen LogP contribution < -0.4 is 21.7 Å². The van der Waals surface area contributed by atoms with Crippen molar-refractivity contribution >= 4 is 46.5 Å². The standard InChI is InChI=1S/C21H24N8O6/c22-17-16-18(28-21(23)27-17)24-9-12(25-16)10-29(7-8-30)13-3-1-11(2-4-13)19(33)26-14(20(34)35)5-6-15(31)32/h1-4,9,14,30H,5-8,10H2,(H,26,33)(H,31,32)(H,34,35)(H4,22,23,24,27,28)/t14-/m0/s1. The lowest BCUT2D eigenvalue weighted by atomic mass is 10.1. The van der Waals surface area contributed by atoms with E-state index < -0.39 is 30.3 Å². The number of carboxylic acid groups (broad SMARTS) is 2. The molecule has 184 valence electrons. The van der Waals surface area contributed by atoms with Gasteiger partial charge in [-0.3, -0.25) is 9.59 Å². The molecule has 0 aliphatic rings. The fraction of sp³-hybridized carbons (Fsp3) is 0.286. The van der Waals surface area contributed by atoms with E-state index in [1.54, 1.807) is 17.0 Å². The Morgan fingerprint density at radius 1 is 1.06 bits per heavy atom. The van der Waals surface area contributed by atoms with Gasteiger partial charge in [0.25, 0.3) is 5.91 Å². The molecule has 14 nitrogen and oxygen atoms in total. The van der Waals surface area contributed by atoms with Gasteiger partial charge < -0.3 is 37.0 Å². The first-order valence-electron chi connectivity index (χ1n) is 10.4. The number of aromatic nitrogens is 4. The third-order valence-electron chi connectivity index (χ3n) is 4.97. The van der Waals surface area contributed by atoms with Crippen LogP contribution in [0.1, 0.15) is 28.9 Å². The normalized spacial score (nSPS) is 11.7. The average Bonchev–Trinajstić information content (AvgIpc) is 2.81. The number of benzene rings is 1. The second-order valence-electron chi connectivity index (χ2n) is 7.49. The SMILES string of the molecule is Nc1nc(N)c2nc(CN(CCO)c3ccc(C(=O)N[C@@H](CCC(=O)O)C(=O)O)cc3)cnc2n1. The molecule has 35 heavy (non-hydrogen) atoms. The number of nitrogens with zero attached hydrogens (tertiary/aromatic N) is 5. The molecule has 1 amide bonds. The van der Waals surface area contributed by atoms with Crippen molar-refractivity contribution in [3.63, 3.8) is 0 Å². The molecule has 0 bridgehead atoms. The van der Waals surface area contributed by atoms with Gasteiger partial charge in [0, 0.05) is 24.2 Å². The molecule has 1 aromatic carbocycles. The van der Waals surface area contributed by atoms with E-state index >= 15 is 0 Å². The van der Waals surface area contributed by atoms with Gasteiger partial charge in [0.2, 0.25) is 5.95 Å². The van der Waals surface area contributed by atoms with Crippen LogP contribution in [0.15, 0.2) is 30.5 Å². The van der Waals surface area contributed by atoms with Crippen LogP contribution in [0.25, 0.3) is 11.2 Å². The Bertz CT molecular complexity index is 1240. The molecule has 2 heterocycles. The van der Waals surface area contributed by atoms with E-state index in [1.165, 1.54) is 18.3 Å². The fourth-order valence-electron chi connectivity index (χ4n) is 3.27. The van der Waals surface area contributed by atoms with Crippen molar-refractivity contribution in [3.8, 4) is 0 Å². The smallest absolute Gasteiger partial charge is 0.326 e. The summed E-state index contributed by atoms with van der Waals surface area (Å²) in [5.41, 5.74) is 13.4. The summed E-state index contributed by atoms with van der Waals surface area (Å²) < 4.78 is 0. The first-order chi connectivity index (χ1) is 16.7. The summed E-state index contributed by atoms with van der Waals surface area (Å²) in [4.78, 5) is 52.8. The summed E-state index contributed by atoms with van der Waals surface area (Å²) in [6.45, 7) is 0.333. The van der Waals surface area contributed by atoms with E-state index in [9.17, 15) is 24.6 Å². The molecule has 8 N–H and O–H groups in total. The number of hydrogen-bond donors (Lipinski definition) is 6. The van der Waals surface area contributed by atoms with E-state index in [1.807, 2.05) is 0 Å². The number of carbonyl (C=O) groups excluding carboxylic acids is 1. The molecule has 0 aliphatic heterocycles. The van der Waals surface area contributed by atoms with Crippen LogP contribution in [-0.4, -0.2) is 72.3 Å². The van der Waals surface area contributed by atoms with Crippen LogP contribution in [0.2, 0.25) is 0 Å². The molecule has 0 radical (unpaired) electrons. The maximum atomic E-state index is 12.5. The highest BCUT2D eigenvalue weighted by Crippen LogP contribution is 2.20. The minimum absolute atomic E-state index is 0.0142. The van der Waals surface area contributed by atoms with E-state index in [0.717, 1.165) is 0 Å². The molecular weight excluding hydrogens is 460 g/mol. The zero-order chi connectivity index (χ0) is 25.5. The number of aliphatic hydroxyl groups is 1. The zero-order valence-corrected chi connectivity index (χ0v) is 18.5. The number of rotatable bonds is 11. The number of carbonyl (C=O) groups is 3. The number of hydrogen-bond acceptors (Lipinski definition) is 11. The highest BCUT2D eigenvalue weighted by Gasteiger charge is 2.22.